The van der Waals surface area contributed by atoms with Crippen LogP contribution in [-0.4, -0.2) is 28.1 Å². The van der Waals surface area contributed by atoms with Crippen molar-refractivity contribution >= 4 is 0 Å². The van der Waals surface area contributed by atoms with E-state index in [-0.39, 0.29) is 6.92 Å². The Labute approximate surface area is 58.3 Å². The summed E-state index contributed by atoms with van der Waals surface area (Å²) in [5.74, 6) is -10.3. The van der Waals surface area contributed by atoms with E-state index in [2.05, 4.69) is 0 Å². The maximum absolute atomic E-state index is 11.8. The van der Waals surface area contributed by atoms with Crippen LogP contribution in [0.15, 0.2) is 0 Å². The maximum atomic E-state index is 11.8. The molecule has 0 atom stereocenters. The summed E-state index contributed by atoms with van der Waals surface area (Å²) in [6, 6.07) is -5.20. The van der Waals surface area contributed by atoms with Gasteiger partial charge in [0.2, 0.25) is 0 Å². The average Bonchev–Trinajstić information content (AvgIpc) is 1.58. The van der Waals surface area contributed by atoms with Gasteiger partial charge in [-0.1, -0.05) is 0 Å². The molecular formula is C4H5F5O2. The Morgan fingerprint density at radius 3 is 1.18 bits per heavy atom. The molecule has 7 heteroatoms. The Hall–Kier alpha value is -0.430. The van der Waals surface area contributed by atoms with E-state index in [0.29, 0.717) is 0 Å². The Morgan fingerprint density at radius 2 is 1.18 bits per heavy atom. The number of hydrogen-bond acceptors (Lipinski definition) is 2. The molecule has 0 rings (SSSR count). The van der Waals surface area contributed by atoms with Gasteiger partial charge in [-0.25, -0.2) is 0 Å². The van der Waals surface area contributed by atoms with Gasteiger partial charge in [-0.15, -0.1) is 0 Å². The molecule has 0 aromatic rings. The van der Waals surface area contributed by atoms with Gasteiger partial charge in [0.25, 0.3) is 0 Å². The lowest BCUT2D eigenvalue weighted by Crippen LogP contribution is -2.54. The van der Waals surface area contributed by atoms with Crippen molar-refractivity contribution in [1.82, 2.24) is 0 Å². The number of alkyl halides is 5. The molecule has 0 bridgehead atoms. The van der Waals surface area contributed by atoms with Crippen LogP contribution >= 0.6 is 0 Å². The molecule has 0 aliphatic rings. The van der Waals surface area contributed by atoms with Gasteiger partial charge in [0.05, 0.1) is 0 Å². The predicted octanol–water partition coefficient (Wildman–Crippen LogP) is 0.885. The van der Waals surface area contributed by atoms with Crippen molar-refractivity contribution in [2.45, 2.75) is 24.8 Å². The minimum Gasteiger partial charge on any atom is -0.335 e. The van der Waals surface area contributed by atoms with Crippen molar-refractivity contribution in [1.29, 1.82) is 0 Å². The zero-order valence-electron chi connectivity index (χ0n) is 5.28. The highest BCUT2D eigenvalue weighted by molar-refractivity contribution is 4.86. The lowest BCUT2D eigenvalue weighted by atomic mass is 10.2. The van der Waals surface area contributed by atoms with Crippen LogP contribution in [0.5, 0.6) is 0 Å². The summed E-state index contributed by atoms with van der Waals surface area (Å²) >= 11 is 0. The summed E-state index contributed by atoms with van der Waals surface area (Å²) in [5.41, 5.74) is 0. The van der Waals surface area contributed by atoms with Crippen molar-refractivity contribution < 1.29 is 32.2 Å². The summed E-state index contributed by atoms with van der Waals surface area (Å²) in [5, 5.41) is 15.1. The van der Waals surface area contributed by atoms with E-state index in [1.807, 2.05) is 0 Å². The quantitative estimate of drug-likeness (QED) is 0.489. The topological polar surface area (TPSA) is 40.5 Å². The molecule has 2 nitrogen and oxygen atoms in total. The van der Waals surface area contributed by atoms with Gasteiger partial charge >= 0.3 is 17.9 Å². The summed E-state index contributed by atoms with van der Waals surface area (Å²) < 4.78 is 58.5. The number of halogens is 5. The van der Waals surface area contributed by atoms with Crippen LogP contribution in [0.4, 0.5) is 22.0 Å². The minimum absolute atomic E-state index is 0.326. The van der Waals surface area contributed by atoms with E-state index < -0.39 is 17.9 Å². The molecule has 0 aliphatic heterocycles. The second-order valence-electron chi connectivity index (χ2n) is 2.05. The third kappa shape index (κ3) is 1.78. The summed E-state index contributed by atoms with van der Waals surface area (Å²) in [4.78, 5) is 0. The predicted molar refractivity (Wildman–Crippen MR) is 23.8 cm³/mol. The normalized spacial score (nSPS) is 15.3. The zero-order chi connectivity index (χ0) is 9.50. The first-order valence-corrected chi connectivity index (χ1v) is 2.39. The fourth-order valence-corrected chi connectivity index (χ4v) is 0.279. The molecule has 0 unspecified atom stereocenters. The van der Waals surface area contributed by atoms with Gasteiger partial charge in [-0.2, -0.15) is 22.0 Å². The lowest BCUT2D eigenvalue weighted by Gasteiger charge is -2.27. The van der Waals surface area contributed by atoms with E-state index >= 15 is 0 Å². The summed E-state index contributed by atoms with van der Waals surface area (Å²) in [6.45, 7) is -0.326. The number of rotatable bonds is 2. The van der Waals surface area contributed by atoms with Gasteiger partial charge < -0.3 is 10.2 Å². The van der Waals surface area contributed by atoms with Gasteiger partial charge in [0.15, 0.2) is 0 Å². The Bertz CT molecular complexity index is 128. The standard InChI is InChI=1S/C4H5F5O2/c1-2(5,6)3(7,8)4(9,10)11/h10-11H,1H3. The average molecular weight is 180 g/mol. The molecule has 2 N–H and O–H groups in total. The maximum Gasteiger partial charge on any atom is 0.393 e. The number of hydrogen-bond donors (Lipinski definition) is 2. The molecular weight excluding hydrogens is 175 g/mol. The van der Waals surface area contributed by atoms with Crippen molar-refractivity contribution in [2.75, 3.05) is 0 Å². The van der Waals surface area contributed by atoms with Gasteiger partial charge in [0.1, 0.15) is 0 Å². The summed E-state index contributed by atoms with van der Waals surface area (Å²) in [7, 11) is 0. The molecule has 0 heterocycles. The van der Waals surface area contributed by atoms with E-state index in [9.17, 15) is 22.0 Å². The van der Waals surface area contributed by atoms with Gasteiger partial charge in [-0.3, -0.25) is 0 Å². The highest BCUT2D eigenvalue weighted by Gasteiger charge is 2.67. The van der Waals surface area contributed by atoms with Gasteiger partial charge in [-0.05, 0) is 0 Å². The molecule has 0 aromatic heterocycles. The minimum atomic E-state index is -5.51. The van der Waals surface area contributed by atoms with Crippen LogP contribution in [0.3, 0.4) is 0 Å². The zero-order valence-corrected chi connectivity index (χ0v) is 5.28. The smallest absolute Gasteiger partial charge is 0.335 e. The highest BCUT2D eigenvalue weighted by atomic mass is 19.3. The summed E-state index contributed by atoms with van der Waals surface area (Å²) in [6.07, 6.45) is 0. The highest BCUT2D eigenvalue weighted by Crippen LogP contribution is 2.41. The molecule has 0 fully saturated rings. The second kappa shape index (κ2) is 2.28. The van der Waals surface area contributed by atoms with Crippen LogP contribution in [0.2, 0.25) is 0 Å². The fraction of sp³-hybridized carbons (Fsp3) is 1.00. The molecule has 0 spiro atoms. The Kier molecular flexibility index (Phi) is 2.19. The SMILES string of the molecule is CC(F)(F)C(F)(F)C(O)(O)F. The second-order valence-corrected chi connectivity index (χ2v) is 2.05. The van der Waals surface area contributed by atoms with Crippen molar-refractivity contribution in [3.63, 3.8) is 0 Å². The van der Waals surface area contributed by atoms with Crippen molar-refractivity contribution in [3.05, 3.63) is 0 Å². The van der Waals surface area contributed by atoms with E-state index in [1.165, 1.54) is 0 Å². The molecule has 0 radical (unpaired) electrons. The Morgan fingerprint density at radius 1 is 0.909 bits per heavy atom. The van der Waals surface area contributed by atoms with Crippen LogP contribution in [-0.2, 0) is 0 Å². The Balaban J connectivity index is 4.75. The van der Waals surface area contributed by atoms with Crippen molar-refractivity contribution in [2.24, 2.45) is 0 Å². The molecule has 0 amide bonds. The van der Waals surface area contributed by atoms with Crippen LogP contribution in [0, 0.1) is 0 Å². The third-order valence-corrected chi connectivity index (χ3v) is 0.951. The van der Waals surface area contributed by atoms with E-state index in [0.717, 1.165) is 0 Å². The lowest BCUT2D eigenvalue weighted by molar-refractivity contribution is -0.410. The van der Waals surface area contributed by atoms with Crippen LogP contribution < -0.4 is 0 Å². The molecule has 68 valence electrons. The fourth-order valence-electron chi connectivity index (χ4n) is 0.279. The third-order valence-electron chi connectivity index (χ3n) is 0.951. The van der Waals surface area contributed by atoms with Crippen LogP contribution in [0.25, 0.3) is 0 Å². The van der Waals surface area contributed by atoms with Crippen molar-refractivity contribution in [3.8, 4) is 0 Å². The van der Waals surface area contributed by atoms with Crippen LogP contribution in [0.1, 0.15) is 6.92 Å². The molecule has 0 aromatic carbocycles. The molecule has 0 aliphatic carbocycles. The number of aliphatic hydroxyl groups is 2. The molecule has 11 heavy (non-hydrogen) atoms. The first kappa shape index (κ1) is 10.6. The van der Waals surface area contributed by atoms with E-state index in [1.54, 1.807) is 0 Å². The first-order valence-electron chi connectivity index (χ1n) is 2.39. The first-order chi connectivity index (χ1) is 4.50. The monoisotopic (exact) mass is 180 g/mol. The van der Waals surface area contributed by atoms with E-state index in [4.69, 9.17) is 10.2 Å². The van der Waals surface area contributed by atoms with Gasteiger partial charge in [0, 0.05) is 6.92 Å². The molecule has 0 saturated heterocycles. The largest absolute Gasteiger partial charge is 0.393 e. The molecule has 0 saturated carbocycles.